The molecule has 1 atom stereocenters. The van der Waals surface area contributed by atoms with E-state index in [1.807, 2.05) is 0 Å². The van der Waals surface area contributed by atoms with Gasteiger partial charge >= 0.3 is 5.97 Å². The molecule has 1 heterocycles. The number of halogens is 2. The fourth-order valence-corrected chi connectivity index (χ4v) is 8.81. The van der Waals surface area contributed by atoms with Crippen LogP contribution in [0.5, 0.6) is 0 Å². The van der Waals surface area contributed by atoms with Gasteiger partial charge in [0.05, 0.1) is 25.7 Å². The summed E-state index contributed by atoms with van der Waals surface area (Å²) in [6.07, 6.45) is 8.83. The van der Waals surface area contributed by atoms with E-state index in [2.05, 4.69) is 20.8 Å². The van der Waals surface area contributed by atoms with Gasteiger partial charge in [0.15, 0.2) is 10.3 Å². The quantitative estimate of drug-likeness (QED) is 0.470. The Morgan fingerprint density at radius 1 is 1.05 bits per heavy atom. The number of hydrogen-bond acceptors (Lipinski definition) is 3. The molecule has 1 rings (SSSR count). The number of rotatable bonds is 10. The van der Waals surface area contributed by atoms with Gasteiger partial charge in [-0.3, -0.25) is 0 Å². The summed E-state index contributed by atoms with van der Waals surface area (Å²) < 4.78 is 4.97. The fraction of sp³-hybridized carbons (Fsp3) is 0.812. The van der Waals surface area contributed by atoms with E-state index >= 15 is 0 Å². The molecule has 0 fully saturated rings. The van der Waals surface area contributed by atoms with E-state index in [1.54, 1.807) is 0 Å². The van der Waals surface area contributed by atoms with Gasteiger partial charge in [-0.15, -0.1) is 0 Å². The molecule has 0 amide bonds. The van der Waals surface area contributed by atoms with Crippen LogP contribution < -0.4 is 12.4 Å². The first kappa shape index (κ1) is 22.2. The van der Waals surface area contributed by atoms with E-state index in [0.717, 1.165) is 62.3 Å². The molecule has 0 saturated carbocycles. The van der Waals surface area contributed by atoms with Crippen molar-refractivity contribution in [2.75, 3.05) is 18.5 Å². The molecule has 0 spiro atoms. The molecule has 0 aromatic heterocycles. The highest BCUT2D eigenvalue weighted by Crippen LogP contribution is 2.70. The molecule has 1 unspecified atom stereocenters. The molecular formula is C16H29Cl2O3P. The Morgan fingerprint density at radius 3 is 1.73 bits per heavy atom. The van der Waals surface area contributed by atoms with Gasteiger partial charge in [0.1, 0.15) is 0 Å². The largest absolute Gasteiger partial charge is 1.00 e. The van der Waals surface area contributed by atoms with Crippen LogP contribution in [0.15, 0.2) is 10.3 Å². The Bertz CT molecular complexity index is 364. The van der Waals surface area contributed by atoms with Gasteiger partial charge in [-0.2, -0.15) is 0 Å². The van der Waals surface area contributed by atoms with Crippen LogP contribution in [-0.4, -0.2) is 35.9 Å². The molecule has 1 N–H and O–H groups in total. The maximum atomic E-state index is 11.7. The van der Waals surface area contributed by atoms with E-state index in [4.69, 9.17) is 16.3 Å². The second kappa shape index (κ2) is 10.9. The van der Waals surface area contributed by atoms with E-state index in [-0.39, 0.29) is 17.4 Å². The van der Waals surface area contributed by atoms with Gasteiger partial charge in [-0.05, 0) is 19.3 Å². The van der Waals surface area contributed by atoms with Crippen LogP contribution in [0.4, 0.5) is 0 Å². The van der Waals surface area contributed by atoms with Crippen LogP contribution in [-0.2, 0) is 9.53 Å². The summed E-state index contributed by atoms with van der Waals surface area (Å²) in [5.41, 5.74) is 0. The highest BCUT2D eigenvalue weighted by atomic mass is 35.5. The second-order valence-corrected chi connectivity index (χ2v) is 10.3. The smallest absolute Gasteiger partial charge is 0.356 e. The summed E-state index contributed by atoms with van der Waals surface area (Å²) in [6, 6.07) is 0. The summed E-state index contributed by atoms with van der Waals surface area (Å²) in [6.45, 7) is 6.53. The lowest BCUT2D eigenvalue weighted by atomic mass is 10.4. The minimum absolute atomic E-state index is 0. The third-order valence-electron chi connectivity index (χ3n) is 4.19. The van der Waals surface area contributed by atoms with Crippen molar-refractivity contribution in [3.05, 3.63) is 10.3 Å². The molecule has 0 bridgehead atoms. The number of esters is 1. The number of hydrogen-bond donors (Lipinski definition) is 1. The van der Waals surface area contributed by atoms with Crippen molar-refractivity contribution < 1.29 is 27.0 Å². The Morgan fingerprint density at radius 2 is 1.45 bits per heavy atom. The third kappa shape index (κ3) is 5.37. The molecule has 1 aliphatic rings. The van der Waals surface area contributed by atoms with Gasteiger partial charge in [-0.25, -0.2) is 4.79 Å². The van der Waals surface area contributed by atoms with Crippen LogP contribution in [0.1, 0.15) is 59.3 Å². The zero-order valence-corrected chi connectivity index (χ0v) is 16.3. The number of aliphatic hydroxyl groups is 1. The molecule has 22 heavy (non-hydrogen) atoms. The van der Waals surface area contributed by atoms with Crippen molar-refractivity contribution in [1.82, 2.24) is 0 Å². The Hall–Kier alpha value is 0.180. The number of carbonyl (C=O) groups is 1. The van der Waals surface area contributed by atoms with Crippen LogP contribution in [0.3, 0.4) is 0 Å². The first-order valence-electron chi connectivity index (χ1n) is 8.17. The van der Waals surface area contributed by atoms with E-state index in [9.17, 15) is 9.90 Å². The maximum Gasteiger partial charge on any atom is 0.356 e. The number of aliphatic hydroxyl groups excluding tert-OH is 1. The molecule has 0 saturated heterocycles. The lowest BCUT2D eigenvalue weighted by molar-refractivity contribution is -0.150. The topological polar surface area (TPSA) is 46.5 Å². The molecule has 0 aliphatic carbocycles. The second-order valence-electron chi connectivity index (χ2n) is 5.83. The fourth-order valence-electron chi connectivity index (χ4n) is 2.94. The lowest BCUT2D eigenvalue weighted by Gasteiger charge is -2.29. The van der Waals surface area contributed by atoms with Crippen molar-refractivity contribution in [2.45, 2.75) is 65.6 Å². The molecule has 130 valence electrons. The van der Waals surface area contributed by atoms with Gasteiger partial charge in [0.25, 0.3) is 6.29 Å². The van der Waals surface area contributed by atoms with E-state index < -0.39 is 19.5 Å². The number of cyclic esters (lactones) is 1. The molecule has 0 aromatic carbocycles. The zero-order valence-electron chi connectivity index (χ0n) is 13.9. The van der Waals surface area contributed by atoms with Crippen molar-refractivity contribution in [2.24, 2.45) is 0 Å². The zero-order chi connectivity index (χ0) is 15.9. The van der Waals surface area contributed by atoms with E-state index in [1.165, 1.54) is 0 Å². The molecular weight excluding hydrogens is 342 g/mol. The minimum Gasteiger partial charge on any atom is -1.00 e. The maximum absolute atomic E-state index is 11.7. The number of ether oxygens (including phenoxy) is 1. The van der Waals surface area contributed by atoms with Crippen LogP contribution >= 0.6 is 18.9 Å². The van der Waals surface area contributed by atoms with Crippen molar-refractivity contribution >= 4 is 24.8 Å². The molecule has 3 nitrogen and oxygen atoms in total. The average Bonchev–Trinajstić information content (AvgIpc) is 2.73. The summed E-state index contributed by atoms with van der Waals surface area (Å²) in [5.74, 6) is -0.548. The standard InChI is InChI=1S/C16H29ClO3P.ClH/c1-4-7-10-21(11-8-5-2,12-9-6-3)14-13(17)15(18)20-16(14)19;/h16,19H,4-12H2,1-3H3;1H/q+1;/p-1. The lowest BCUT2D eigenvalue weighted by Crippen LogP contribution is -3.00. The molecule has 0 radical (unpaired) electrons. The average molecular weight is 371 g/mol. The Labute approximate surface area is 146 Å². The summed E-state index contributed by atoms with van der Waals surface area (Å²) in [4.78, 5) is 11.7. The van der Waals surface area contributed by atoms with Crippen molar-refractivity contribution in [1.29, 1.82) is 0 Å². The molecule has 1 aliphatic heterocycles. The molecule has 0 aromatic rings. The third-order valence-corrected chi connectivity index (χ3v) is 9.66. The number of unbranched alkanes of at least 4 members (excludes halogenated alkanes) is 3. The monoisotopic (exact) mass is 370 g/mol. The predicted octanol–water partition coefficient (Wildman–Crippen LogP) is 1.73. The first-order valence-corrected chi connectivity index (χ1v) is 10.9. The Balaban J connectivity index is 0.00000441. The highest BCUT2D eigenvalue weighted by molar-refractivity contribution is 7.80. The minimum atomic E-state index is -1.59. The predicted molar refractivity (Wildman–Crippen MR) is 91.2 cm³/mol. The van der Waals surface area contributed by atoms with Gasteiger partial charge in [0.2, 0.25) is 0 Å². The van der Waals surface area contributed by atoms with Gasteiger partial charge in [0, 0.05) is 0 Å². The summed E-state index contributed by atoms with van der Waals surface area (Å²) >= 11 is 6.22. The van der Waals surface area contributed by atoms with Crippen LogP contribution in [0, 0.1) is 0 Å². The summed E-state index contributed by atoms with van der Waals surface area (Å²) in [7, 11) is -1.59. The van der Waals surface area contributed by atoms with Crippen molar-refractivity contribution in [3.63, 3.8) is 0 Å². The highest BCUT2D eigenvalue weighted by Gasteiger charge is 2.51. The molecule has 6 heteroatoms. The van der Waals surface area contributed by atoms with Crippen molar-refractivity contribution in [3.8, 4) is 0 Å². The van der Waals surface area contributed by atoms with Crippen LogP contribution in [0.25, 0.3) is 0 Å². The Kier molecular flexibility index (Phi) is 11.0. The first-order chi connectivity index (χ1) is 10.0. The number of carbonyl (C=O) groups excluding carboxylic acids is 1. The van der Waals surface area contributed by atoms with Crippen LogP contribution in [0.2, 0.25) is 0 Å². The van der Waals surface area contributed by atoms with E-state index in [0.29, 0.717) is 0 Å². The SMILES string of the molecule is CCCC[P+](CCCC)(CCCC)C1=C(Cl)C(=O)OC1O.[Cl-]. The summed E-state index contributed by atoms with van der Waals surface area (Å²) in [5, 5.41) is 11.1. The van der Waals surface area contributed by atoms with Gasteiger partial charge < -0.3 is 22.3 Å². The van der Waals surface area contributed by atoms with Gasteiger partial charge in [-0.1, -0.05) is 51.6 Å². The normalized spacial score (nSPS) is 18.4.